The zero-order chi connectivity index (χ0) is 18.1. The Kier molecular flexibility index (Phi) is 7.52. The van der Waals surface area contributed by atoms with Crippen LogP contribution in [0, 0.1) is 0 Å². The molecule has 0 aliphatic heterocycles. The quantitative estimate of drug-likeness (QED) is 0.501. The summed E-state index contributed by atoms with van der Waals surface area (Å²) in [4.78, 5) is 4.67. The second-order valence-electron chi connectivity index (χ2n) is 5.38. The molecule has 0 atom stereocenters. The lowest BCUT2D eigenvalue weighted by Crippen LogP contribution is -2.39. The van der Waals surface area contributed by atoms with Gasteiger partial charge in [0, 0.05) is 36.5 Å². The first-order valence-corrected chi connectivity index (χ1v) is 10.6. The molecule has 6 nitrogen and oxygen atoms in total. The molecule has 0 unspecified atom stereocenters. The van der Waals surface area contributed by atoms with E-state index in [0.717, 1.165) is 17.6 Å². The van der Waals surface area contributed by atoms with E-state index in [2.05, 4.69) is 36.1 Å². The summed E-state index contributed by atoms with van der Waals surface area (Å²) in [7, 11) is -3.33. The molecule has 1 aromatic carbocycles. The Morgan fingerprint density at radius 2 is 1.84 bits per heavy atom. The average Bonchev–Trinajstić information content (AvgIpc) is 3.08. The van der Waals surface area contributed by atoms with E-state index >= 15 is 0 Å². The molecular weight excluding hydrogens is 404 g/mol. The fourth-order valence-corrected chi connectivity index (χ4v) is 3.58. The number of rotatable bonds is 8. The molecule has 2 rings (SSSR count). The largest absolute Gasteiger partial charge is 0.357 e. The maximum absolute atomic E-state index is 12.3. The second-order valence-corrected chi connectivity index (χ2v) is 8.41. The maximum Gasteiger partial charge on any atom is 0.191 e. The number of benzene rings is 1. The van der Waals surface area contributed by atoms with Gasteiger partial charge in [0.25, 0.3) is 0 Å². The number of nitrogens with one attached hydrogen (secondary N) is 2. The van der Waals surface area contributed by atoms with E-state index < -0.39 is 9.84 Å². The number of aliphatic imine (C=N–C) groups is 1. The Hall–Kier alpha value is -1.80. The van der Waals surface area contributed by atoms with Gasteiger partial charge >= 0.3 is 0 Å². The van der Waals surface area contributed by atoms with Crippen molar-refractivity contribution in [3.63, 3.8) is 0 Å². The van der Waals surface area contributed by atoms with Gasteiger partial charge in [0.15, 0.2) is 15.8 Å². The first-order chi connectivity index (χ1) is 12.0. The highest BCUT2D eigenvalue weighted by atomic mass is 79.9. The van der Waals surface area contributed by atoms with E-state index in [1.54, 1.807) is 24.3 Å². The molecule has 0 radical (unpaired) electrons. The number of aromatic nitrogens is 1. The molecule has 0 aliphatic rings. The van der Waals surface area contributed by atoms with Crippen molar-refractivity contribution in [1.82, 2.24) is 15.2 Å². The third-order valence-electron chi connectivity index (χ3n) is 3.48. The third-order valence-corrected chi connectivity index (χ3v) is 5.71. The van der Waals surface area contributed by atoms with Crippen molar-refractivity contribution in [2.75, 3.05) is 25.4 Å². The highest BCUT2D eigenvalue weighted by Gasteiger charge is 2.13. The smallest absolute Gasteiger partial charge is 0.191 e. The highest BCUT2D eigenvalue weighted by Crippen LogP contribution is 2.15. The summed E-state index contributed by atoms with van der Waals surface area (Å²) in [5.74, 6) is 0.601. The van der Waals surface area contributed by atoms with E-state index in [4.69, 9.17) is 0 Å². The Balaban J connectivity index is 1.88. The van der Waals surface area contributed by atoms with Crippen molar-refractivity contribution in [3.8, 4) is 0 Å². The number of sulfone groups is 1. The standard InChI is InChI=1S/C17H23BrN4O2S/c1-2-19-17(20-9-13-22-11-3-4-12-22)21-10-14-25(23,24)16-7-5-15(18)6-8-16/h3-8,11-12H,2,9-10,13-14H2,1H3,(H2,19,20,21). The molecule has 0 amide bonds. The Bertz CT molecular complexity index is 771. The predicted molar refractivity (Wildman–Crippen MR) is 105 cm³/mol. The monoisotopic (exact) mass is 426 g/mol. The summed E-state index contributed by atoms with van der Waals surface area (Å²) in [6.07, 6.45) is 3.99. The minimum atomic E-state index is -3.33. The molecule has 1 heterocycles. The van der Waals surface area contributed by atoms with Crippen molar-refractivity contribution in [3.05, 3.63) is 53.3 Å². The van der Waals surface area contributed by atoms with Crippen LogP contribution in [0.3, 0.4) is 0 Å². The van der Waals surface area contributed by atoms with Gasteiger partial charge in [-0.15, -0.1) is 0 Å². The van der Waals surface area contributed by atoms with Crippen LogP contribution in [0.4, 0.5) is 0 Å². The third kappa shape index (κ3) is 6.55. The van der Waals surface area contributed by atoms with Gasteiger partial charge in [-0.2, -0.15) is 0 Å². The molecule has 0 fully saturated rings. The summed E-state index contributed by atoms with van der Waals surface area (Å²) in [6, 6.07) is 10.6. The van der Waals surface area contributed by atoms with Crippen molar-refractivity contribution in [1.29, 1.82) is 0 Å². The molecular formula is C17H23BrN4O2S. The zero-order valence-corrected chi connectivity index (χ0v) is 16.6. The second kappa shape index (κ2) is 9.62. The summed E-state index contributed by atoms with van der Waals surface area (Å²) in [5.41, 5.74) is 0. The van der Waals surface area contributed by atoms with Crippen LogP contribution in [-0.4, -0.2) is 44.3 Å². The molecule has 8 heteroatoms. The first kappa shape index (κ1) is 19.5. The van der Waals surface area contributed by atoms with Crippen LogP contribution >= 0.6 is 15.9 Å². The molecule has 25 heavy (non-hydrogen) atoms. The minimum absolute atomic E-state index is 0.0250. The Labute approximate surface area is 157 Å². The van der Waals surface area contributed by atoms with Crippen LogP contribution in [0.1, 0.15) is 6.92 Å². The van der Waals surface area contributed by atoms with E-state index in [1.807, 2.05) is 31.5 Å². The molecule has 0 spiro atoms. The molecule has 0 aliphatic carbocycles. The lowest BCUT2D eigenvalue weighted by Gasteiger charge is -2.12. The Morgan fingerprint density at radius 1 is 1.16 bits per heavy atom. The van der Waals surface area contributed by atoms with Crippen molar-refractivity contribution >= 4 is 31.7 Å². The summed E-state index contributed by atoms with van der Waals surface area (Å²) in [6.45, 7) is 4.42. The highest BCUT2D eigenvalue weighted by molar-refractivity contribution is 9.10. The molecule has 1 aromatic heterocycles. The van der Waals surface area contributed by atoms with Gasteiger partial charge in [0.05, 0.1) is 17.2 Å². The van der Waals surface area contributed by atoms with Gasteiger partial charge in [-0.05, 0) is 43.3 Å². The van der Waals surface area contributed by atoms with Crippen LogP contribution in [0.25, 0.3) is 0 Å². The molecule has 2 N–H and O–H groups in total. The maximum atomic E-state index is 12.3. The molecule has 2 aromatic rings. The number of halogens is 1. The van der Waals surface area contributed by atoms with Crippen LogP contribution < -0.4 is 10.6 Å². The summed E-state index contributed by atoms with van der Waals surface area (Å²) >= 11 is 3.30. The molecule has 0 saturated carbocycles. The first-order valence-electron chi connectivity index (χ1n) is 8.12. The van der Waals surface area contributed by atoms with Gasteiger partial charge < -0.3 is 15.2 Å². The Morgan fingerprint density at radius 3 is 2.48 bits per heavy atom. The van der Waals surface area contributed by atoms with E-state index in [-0.39, 0.29) is 12.3 Å². The fraction of sp³-hybridized carbons (Fsp3) is 0.353. The SMILES string of the molecule is CCNC(=NCCS(=O)(=O)c1ccc(Br)cc1)NCCn1cccc1. The average molecular weight is 427 g/mol. The molecule has 0 bridgehead atoms. The number of nitrogens with zero attached hydrogens (tertiary/aromatic N) is 2. The van der Waals surface area contributed by atoms with Crippen LogP contribution in [-0.2, 0) is 16.4 Å². The number of hydrogen-bond acceptors (Lipinski definition) is 3. The molecule has 0 saturated heterocycles. The van der Waals surface area contributed by atoms with E-state index in [1.165, 1.54) is 0 Å². The summed E-state index contributed by atoms with van der Waals surface area (Å²) in [5, 5.41) is 6.33. The normalized spacial score (nSPS) is 12.2. The fourth-order valence-electron chi connectivity index (χ4n) is 2.20. The lowest BCUT2D eigenvalue weighted by atomic mass is 10.4. The topological polar surface area (TPSA) is 75.5 Å². The van der Waals surface area contributed by atoms with Crippen LogP contribution in [0.5, 0.6) is 0 Å². The summed E-state index contributed by atoms with van der Waals surface area (Å²) < 4.78 is 27.6. The van der Waals surface area contributed by atoms with Gasteiger partial charge in [0.2, 0.25) is 0 Å². The van der Waals surface area contributed by atoms with Gasteiger partial charge in [-0.1, -0.05) is 15.9 Å². The number of guanidine groups is 1. The molecule has 136 valence electrons. The lowest BCUT2D eigenvalue weighted by molar-refractivity contribution is 0.595. The van der Waals surface area contributed by atoms with E-state index in [0.29, 0.717) is 17.4 Å². The minimum Gasteiger partial charge on any atom is -0.357 e. The van der Waals surface area contributed by atoms with Gasteiger partial charge in [0.1, 0.15) is 0 Å². The predicted octanol–water partition coefficient (Wildman–Crippen LogP) is 2.28. The van der Waals surface area contributed by atoms with Gasteiger partial charge in [-0.25, -0.2) is 8.42 Å². The van der Waals surface area contributed by atoms with Crippen LogP contribution in [0.2, 0.25) is 0 Å². The number of hydrogen-bond donors (Lipinski definition) is 2. The van der Waals surface area contributed by atoms with Gasteiger partial charge in [-0.3, -0.25) is 4.99 Å². The van der Waals surface area contributed by atoms with Crippen molar-refractivity contribution in [2.24, 2.45) is 4.99 Å². The van der Waals surface area contributed by atoms with E-state index in [9.17, 15) is 8.42 Å². The zero-order valence-electron chi connectivity index (χ0n) is 14.2. The van der Waals surface area contributed by atoms with Crippen molar-refractivity contribution < 1.29 is 8.42 Å². The van der Waals surface area contributed by atoms with Crippen molar-refractivity contribution in [2.45, 2.75) is 18.4 Å². The van der Waals surface area contributed by atoms with Crippen LogP contribution in [0.15, 0.2) is 63.2 Å².